The lowest BCUT2D eigenvalue weighted by atomic mass is 10.2. The Morgan fingerprint density at radius 3 is 2.50 bits per heavy atom. The number of ether oxygens (including phenoxy) is 1. The van der Waals surface area contributed by atoms with Gasteiger partial charge in [-0.3, -0.25) is 13.9 Å². The molecule has 2 aromatic heterocycles. The van der Waals surface area contributed by atoms with Gasteiger partial charge < -0.3 is 4.74 Å². The lowest BCUT2D eigenvalue weighted by Crippen LogP contribution is -2.43. The predicted molar refractivity (Wildman–Crippen MR) is 80.2 cm³/mol. The average Bonchev–Trinajstić information content (AvgIpc) is 2.50. The molecule has 6 nitrogen and oxygen atoms in total. The van der Waals surface area contributed by atoms with Gasteiger partial charge in [0.1, 0.15) is 5.56 Å². The van der Waals surface area contributed by atoms with Crippen LogP contribution < -0.4 is 16.0 Å². The largest absolute Gasteiger partial charge is 0.481 e. The van der Waals surface area contributed by atoms with Gasteiger partial charge in [-0.15, -0.1) is 0 Å². The molecule has 0 aliphatic heterocycles. The van der Waals surface area contributed by atoms with Crippen LogP contribution in [0.5, 0.6) is 5.88 Å². The first-order valence-corrected chi connectivity index (χ1v) is 7.08. The molecule has 0 saturated carbocycles. The van der Waals surface area contributed by atoms with Crippen molar-refractivity contribution in [1.82, 2.24) is 14.1 Å². The number of hydrogen-bond acceptors (Lipinski definition) is 4. The van der Waals surface area contributed by atoms with Crippen LogP contribution in [-0.2, 0) is 12.7 Å². The van der Waals surface area contributed by atoms with Crippen molar-refractivity contribution in [3.8, 4) is 5.88 Å². The summed E-state index contributed by atoms with van der Waals surface area (Å²) >= 11 is 0. The highest BCUT2D eigenvalue weighted by atomic mass is 19.4. The minimum Gasteiger partial charge on any atom is -0.481 e. The predicted octanol–water partition coefficient (Wildman–Crippen LogP) is 2.06. The standard InChI is InChI=1S/C15H16F3N3O3/c1-9(2)20-8-11(15(16,17)18)13(22)21(14(20)23)7-10-5-4-6-19-12(10)24-3/h4-6,8-9H,7H2,1-3H3. The van der Waals surface area contributed by atoms with E-state index in [4.69, 9.17) is 4.74 Å². The van der Waals surface area contributed by atoms with Crippen molar-refractivity contribution < 1.29 is 17.9 Å². The molecule has 0 aliphatic carbocycles. The zero-order valence-corrected chi connectivity index (χ0v) is 13.3. The highest BCUT2D eigenvalue weighted by molar-refractivity contribution is 5.26. The molecule has 24 heavy (non-hydrogen) atoms. The van der Waals surface area contributed by atoms with Gasteiger partial charge in [-0.25, -0.2) is 9.78 Å². The molecule has 2 rings (SSSR count). The van der Waals surface area contributed by atoms with Crippen molar-refractivity contribution in [2.24, 2.45) is 0 Å². The fourth-order valence-corrected chi connectivity index (χ4v) is 2.22. The third kappa shape index (κ3) is 3.34. The summed E-state index contributed by atoms with van der Waals surface area (Å²) in [5.41, 5.74) is -3.28. The highest BCUT2D eigenvalue weighted by Gasteiger charge is 2.36. The Labute approximate surface area is 135 Å². The molecule has 0 aliphatic rings. The van der Waals surface area contributed by atoms with Crippen LogP contribution in [0.2, 0.25) is 0 Å². The summed E-state index contributed by atoms with van der Waals surface area (Å²) in [6.45, 7) is 2.74. The molecule has 2 aromatic rings. The van der Waals surface area contributed by atoms with E-state index in [0.717, 1.165) is 4.57 Å². The lowest BCUT2D eigenvalue weighted by Gasteiger charge is -2.17. The minimum atomic E-state index is -4.86. The second kappa shape index (κ2) is 6.50. The molecule has 0 atom stereocenters. The minimum absolute atomic E-state index is 0.136. The Bertz CT molecular complexity index is 854. The lowest BCUT2D eigenvalue weighted by molar-refractivity contribution is -0.139. The van der Waals surface area contributed by atoms with Gasteiger partial charge in [0.25, 0.3) is 5.56 Å². The van der Waals surface area contributed by atoms with Crippen LogP contribution in [0.4, 0.5) is 13.2 Å². The summed E-state index contributed by atoms with van der Waals surface area (Å²) in [6, 6.07) is 2.52. The number of hydrogen-bond donors (Lipinski definition) is 0. The zero-order chi connectivity index (χ0) is 18.1. The number of methoxy groups -OCH3 is 1. The Hall–Kier alpha value is -2.58. The Kier molecular flexibility index (Phi) is 4.81. The Morgan fingerprint density at radius 1 is 1.29 bits per heavy atom. The first kappa shape index (κ1) is 17.8. The second-order valence-electron chi connectivity index (χ2n) is 5.39. The van der Waals surface area contributed by atoms with E-state index in [0.29, 0.717) is 16.3 Å². The molecule has 2 heterocycles. The highest BCUT2D eigenvalue weighted by Crippen LogP contribution is 2.26. The van der Waals surface area contributed by atoms with Gasteiger partial charge in [0.05, 0.1) is 13.7 Å². The monoisotopic (exact) mass is 343 g/mol. The third-order valence-electron chi connectivity index (χ3n) is 3.43. The normalized spacial score (nSPS) is 11.8. The molecule has 0 aromatic carbocycles. The van der Waals surface area contributed by atoms with Crippen LogP contribution in [0.3, 0.4) is 0 Å². The van der Waals surface area contributed by atoms with Gasteiger partial charge in [0.15, 0.2) is 0 Å². The second-order valence-corrected chi connectivity index (χ2v) is 5.39. The molecular formula is C15H16F3N3O3. The number of pyridine rings is 1. The third-order valence-corrected chi connectivity index (χ3v) is 3.43. The van der Waals surface area contributed by atoms with Gasteiger partial charge in [0.2, 0.25) is 5.88 Å². The van der Waals surface area contributed by atoms with Crippen LogP contribution in [-0.4, -0.2) is 21.2 Å². The Balaban J connectivity index is 2.71. The molecule has 0 fully saturated rings. The maximum absolute atomic E-state index is 13.1. The summed E-state index contributed by atoms with van der Waals surface area (Å²) in [4.78, 5) is 28.5. The van der Waals surface area contributed by atoms with E-state index >= 15 is 0 Å². The molecule has 130 valence electrons. The van der Waals surface area contributed by atoms with Crippen molar-refractivity contribution in [3.63, 3.8) is 0 Å². The van der Waals surface area contributed by atoms with Gasteiger partial charge in [-0.05, 0) is 19.9 Å². The van der Waals surface area contributed by atoms with E-state index in [1.54, 1.807) is 13.8 Å². The summed E-state index contributed by atoms with van der Waals surface area (Å²) in [6.07, 6.45) is -2.86. The van der Waals surface area contributed by atoms with Crippen molar-refractivity contribution in [2.75, 3.05) is 7.11 Å². The molecule has 0 radical (unpaired) electrons. The van der Waals surface area contributed by atoms with Crippen LogP contribution >= 0.6 is 0 Å². The van der Waals surface area contributed by atoms with Crippen LogP contribution in [0.1, 0.15) is 31.0 Å². The smallest absolute Gasteiger partial charge is 0.423 e. The first-order valence-electron chi connectivity index (χ1n) is 7.08. The van der Waals surface area contributed by atoms with Crippen LogP contribution in [0.25, 0.3) is 0 Å². The van der Waals surface area contributed by atoms with E-state index in [-0.39, 0.29) is 12.4 Å². The summed E-state index contributed by atoms with van der Waals surface area (Å²) in [7, 11) is 1.34. The van der Waals surface area contributed by atoms with Crippen molar-refractivity contribution in [3.05, 3.63) is 56.5 Å². The van der Waals surface area contributed by atoms with Gasteiger partial charge in [0, 0.05) is 24.0 Å². The Morgan fingerprint density at radius 2 is 1.96 bits per heavy atom. The maximum Gasteiger partial charge on any atom is 0.423 e. The maximum atomic E-state index is 13.1. The zero-order valence-electron chi connectivity index (χ0n) is 13.3. The van der Waals surface area contributed by atoms with E-state index in [1.165, 1.54) is 25.4 Å². The molecule has 0 bridgehead atoms. The molecule has 0 amide bonds. The van der Waals surface area contributed by atoms with Gasteiger partial charge in [-0.1, -0.05) is 6.07 Å². The number of rotatable bonds is 4. The summed E-state index contributed by atoms with van der Waals surface area (Å²) in [5, 5.41) is 0. The van der Waals surface area contributed by atoms with E-state index < -0.39 is 29.0 Å². The van der Waals surface area contributed by atoms with E-state index in [9.17, 15) is 22.8 Å². The van der Waals surface area contributed by atoms with Crippen molar-refractivity contribution in [2.45, 2.75) is 32.6 Å². The first-order chi connectivity index (χ1) is 11.2. The molecular weight excluding hydrogens is 327 g/mol. The van der Waals surface area contributed by atoms with Crippen LogP contribution in [0.15, 0.2) is 34.1 Å². The summed E-state index contributed by atoms with van der Waals surface area (Å²) in [5.74, 6) is 0.136. The van der Waals surface area contributed by atoms with Crippen molar-refractivity contribution >= 4 is 0 Å². The summed E-state index contributed by atoms with van der Waals surface area (Å²) < 4.78 is 45.8. The quantitative estimate of drug-likeness (QED) is 0.852. The topological polar surface area (TPSA) is 66.1 Å². The molecule has 0 unspecified atom stereocenters. The molecule has 0 N–H and O–H groups in total. The molecule has 0 saturated heterocycles. The van der Waals surface area contributed by atoms with E-state index in [2.05, 4.69) is 4.98 Å². The fourth-order valence-electron chi connectivity index (χ4n) is 2.22. The average molecular weight is 343 g/mol. The SMILES string of the molecule is COc1ncccc1Cn1c(=O)c(C(F)(F)F)cn(C(C)C)c1=O. The van der Waals surface area contributed by atoms with Crippen LogP contribution in [0, 0.1) is 0 Å². The van der Waals surface area contributed by atoms with Gasteiger partial charge >= 0.3 is 11.9 Å². The van der Waals surface area contributed by atoms with Crippen molar-refractivity contribution in [1.29, 1.82) is 0 Å². The number of nitrogens with zero attached hydrogens (tertiary/aromatic N) is 3. The number of aromatic nitrogens is 3. The number of halogens is 3. The van der Waals surface area contributed by atoms with E-state index in [1.807, 2.05) is 0 Å². The fraction of sp³-hybridized carbons (Fsp3) is 0.400. The number of alkyl halides is 3. The molecule has 9 heteroatoms. The molecule has 0 spiro atoms. The van der Waals surface area contributed by atoms with Gasteiger partial charge in [-0.2, -0.15) is 13.2 Å².